The van der Waals surface area contributed by atoms with Gasteiger partial charge in [-0.15, -0.1) is 0 Å². The largest absolute Gasteiger partial charge is 0.482 e. The molecule has 3 unspecified atom stereocenters. The number of nitrogens with one attached hydrogen (secondary N) is 1. The first kappa shape index (κ1) is 15.4. The molecule has 0 aromatic heterocycles. The van der Waals surface area contributed by atoms with Crippen molar-refractivity contribution in [3.05, 3.63) is 29.8 Å². The van der Waals surface area contributed by atoms with Crippen LogP contribution in [0.1, 0.15) is 38.7 Å². The smallest absolute Gasteiger partial charge is 0.258 e. The number of benzene rings is 1. The summed E-state index contributed by atoms with van der Waals surface area (Å²) < 4.78 is 5.45. The Morgan fingerprint density at radius 2 is 2.19 bits per heavy atom. The standard InChI is InChI=1S/C17H22N2O2/c1-3-13-8-9-15(12(13)2)19-17(20)11-21-16-7-5-4-6-14(16)10-18/h4-7,12-13,15H,3,8-9,11H2,1-2H3,(H,19,20). The number of hydrogen-bond acceptors (Lipinski definition) is 3. The zero-order chi connectivity index (χ0) is 15.2. The molecule has 1 N–H and O–H groups in total. The number of para-hydroxylation sites is 1. The first-order valence-electron chi connectivity index (χ1n) is 7.57. The topological polar surface area (TPSA) is 62.1 Å². The van der Waals surface area contributed by atoms with Crippen molar-refractivity contribution in [2.45, 2.75) is 39.2 Å². The summed E-state index contributed by atoms with van der Waals surface area (Å²) in [5.41, 5.74) is 0.450. The van der Waals surface area contributed by atoms with Crippen LogP contribution in [0.4, 0.5) is 0 Å². The number of rotatable bonds is 5. The van der Waals surface area contributed by atoms with Crippen LogP contribution in [0.3, 0.4) is 0 Å². The van der Waals surface area contributed by atoms with Gasteiger partial charge in [-0.2, -0.15) is 5.26 Å². The second-order valence-corrected chi connectivity index (χ2v) is 5.68. The minimum absolute atomic E-state index is 0.0430. The van der Waals surface area contributed by atoms with E-state index in [9.17, 15) is 4.79 Å². The fourth-order valence-electron chi connectivity index (χ4n) is 3.10. The number of carbonyl (C=O) groups excluding carboxylic acids is 1. The summed E-state index contributed by atoms with van der Waals surface area (Å²) >= 11 is 0. The molecular weight excluding hydrogens is 264 g/mol. The van der Waals surface area contributed by atoms with Crippen LogP contribution in [-0.4, -0.2) is 18.6 Å². The van der Waals surface area contributed by atoms with Crippen LogP contribution in [0.2, 0.25) is 0 Å². The van der Waals surface area contributed by atoms with Crippen LogP contribution < -0.4 is 10.1 Å². The third kappa shape index (κ3) is 3.75. The number of nitrogens with zero attached hydrogens (tertiary/aromatic N) is 1. The highest BCUT2D eigenvalue weighted by Gasteiger charge is 2.32. The highest BCUT2D eigenvalue weighted by atomic mass is 16.5. The molecule has 1 saturated carbocycles. The lowest BCUT2D eigenvalue weighted by atomic mass is 9.93. The van der Waals surface area contributed by atoms with Crippen molar-refractivity contribution in [1.82, 2.24) is 5.32 Å². The van der Waals surface area contributed by atoms with E-state index in [1.165, 1.54) is 12.8 Å². The average Bonchev–Trinajstić information content (AvgIpc) is 2.85. The van der Waals surface area contributed by atoms with Crippen molar-refractivity contribution < 1.29 is 9.53 Å². The van der Waals surface area contributed by atoms with E-state index in [4.69, 9.17) is 10.00 Å². The third-order valence-electron chi connectivity index (χ3n) is 4.46. The molecule has 0 bridgehead atoms. The van der Waals surface area contributed by atoms with Crippen molar-refractivity contribution >= 4 is 5.91 Å². The summed E-state index contributed by atoms with van der Waals surface area (Å²) in [7, 11) is 0. The highest BCUT2D eigenvalue weighted by Crippen LogP contribution is 2.33. The predicted octanol–water partition coefficient (Wildman–Crippen LogP) is 2.88. The molecule has 1 aliphatic rings. The zero-order valence-electron chi connectivity index (χ0n) is 12.6. The van der Waals surface area contributed by atoms with Gasteiger partial charge in [-0.05, 0) is 36.8 Å². The Hall–Kier alpha value is -2.02. The van der Waals surface area contributed by atoms with Crippen LogP contribution in [0, 0.1) is 23.2 Å². The van der Waals surface area contributed by atoms with Gasteiger partial charge in [0.2, 0.25) is 0 Å². The van der Waals surface area contributed by atoms with Crippen molar-refractivity contribution in [3.63, 3.8) is 0 Å². The van der Waals surface area contributed by atoms with Crippen LogP contribution in [-0.2, 0) is 4.79 Å². The Balaban J connectivity index is 1.84. The number of ether oxygens (including phenoxy) is 1. The summed E-state index contributed by atoms with van der Waals surface area (Å²) in [5.74, 6) is 1.57. The molecule has 0 heterocycles. The van der Waals surface area contributed by atoms with E-state index in [1.54, 1.807) is 24.3 Å². The van der Waals surface area contributed by atoms with Crippen LogP contribution in [0.5, 0.6) is 5.75 Å². The number of hydrogen-bond donors (Lipinski definition) is 1. The molecule has 0 aliphatic heterocycles. The predicted molar refractivity (Wildman–Crippen MR) is 80.8 cm³/mol. The van der Waals surface area contributed by atoms with Gasteiger partial charge in [0.25, 0.3) is 5.91 Å². The van der Waals surface area contributed by atoms with E-state index in [1.807, 2.05) is 0 Å². The molecule has 1 aromatic carbocycles. The third-order valence-corrected chi connectivity index (χ3v) is 4.46. The molecular formula is C17H22N2O2. The van der Waals surface area contributed by atoms with Crippen molar-refractivity contribution in [3.8, 4) is 11.8 Å². The van der Waals surface area contributed by atoms with E-state index in [0.29, 0.717) is 23.1 Å². The molecule has 1 amide bonds. The zero-order valence-corrected chi connectivity index (χ0v) is 12.6. The monoisotopic (exact) mass is 286 g/mol. The number of nitriles is 1. The summed E-state index contributed by atoms with van der Waals surface area (Å²) in [6.45, 7) is 4.37. The maximum absolute atomic E-state index is 12.0. The van der Waals surface area contributed by atoms with E-state index in [-0.39, 0.29) is 18.6 Å². The minimum Gasteiger partial charge on any atom is -0.482 e. The molecule has 2 rings (SSSR count). The van der Waals surface area contributed by atoms with E-state index >= 15 is 0 Å². The quantitative estimate of drug-likeness (QED) is 0.905. The molecule has 4 nitrogen and oxygen atoms in total. The summed E-state index contributed by atoms with van der Waals surface area (Å²) in [5, 5.41) is 12.0. The van der Waals surface area contributed by atoms with Gasteiger partial charge >= 0.3 is 0 Å². The summed E-state index contributed by atoms with van der Waals surface area (Å²) in [6, 6.07) is 9.25. The van der Waals surface area contributed by atoms with Crippen molar-refractivity contribution in [2.75, 3.05) is 6.61 Å². The SMILES string of the molecule is CCC1CCC(NC(=O)COc2ccccc2C#N)C1C. The molecule has 0 radical (unpaired) electrons. The molecule has 0 spiro atoms. The molecule has 0 saturated heterocycles. The van der Waals surface area contributed by atoms with E-state index < -0.39 is 0 Å². The summed E-state index contributed by atoms with van der Waals surface area (Å²) in [6.07, 6.45) is 3.39. The Morgan fingerprint density at radius 1 is 1.43 bits per heavy atom. The molecule has 21 heavy (non-hydrogen) atoms. The van der Waals surface area contributed by atoms with Crippen LogP contribution >= 0.6 is 0 Å². The maximum atomic E-state index is 12.0. The van der Waals surface area contributed by atoms with Gasteiger partial charge in [-0.25, -0.2) is 0 Å². The maximum Gasteiger partial charge on any atom is 0.258 e. The molecule has 1 aliphatic carbocycles. The molecule has 112 valence electrons. The van der Waals surface area contributed by atoms with Gasteiger partial charge in [0.1, 0.15) is 11.8 Å². The number of amides is 1. The fourth-order valence-corrected chi connectivity index (χ4v) is 3.10. The normalized spacial score (nSPS) is 24.3. The second-order valence-electron chi connectivity index (χ2n) is 5.68. The minimum atomic E-state index is -0.114. The lowest BCUT2D eigenvalue weighted by Crippen LogP contribution is -2.40. The lowest BCUT2D eigenvalue weighted by Gasteiger charge is -2.21. The van der Waals surface area contributed by atoms with Crippen LogP contribution in [0.25, 0.3) is 0 Å². The first-order chi connectivity index (χ1) is 10.2. The lowest BCUT2D eigenvalue weighted by molar-refractivity contribution is -0.124. The average molecular weight is 286 g/mol. The Labute approximate surface area is 126 Å². The Kier molecular flexibility index (Phi) is 5.21. The molecule has 4 heteroatoms. The Morgan fingerprint density at radius 3 is 2.86 bits per heavy atom. The van der Waals surface area contributed by atoms with Crippen LogP contribution in [0.15, 0.2) is 24.3 Å². The van der Waals surface area contributed by atoms with Gasteiger partial charge in [0.15, 0.2) is 6.61 Å². The van der Waals surface area contributed by atoms with E-state index in [0.717, 1.165) is 6.42 Å². The Bertz CT molecular complexity index is 536. The first-order valence-corrected chi connectivity index (χ1v) is 7.57. The summed E-state index contributed by atoms with van der Waals surface area (Å²) in [4.78, 5) is 12.0. The highest BCUT2D eigenvalue weighted by molar-refractivity contribution is 5.78. The molecule has 1 fully saturated rings. The van der Waals surface area contributed by atoms with Gasteiger partial charge in [-0.3, -0.25) is 4.79 Å². The second kappa shape index (κ2) is 7.12. The fraction of sp³-hybridized carbons (Fsp3) is 0.529. The van der Waals surface area contributed by atoms with Gasteiger partial charge < -0.3 is 10.1 Å². The van der Waals surface area contributed by atoms with Gasteiger partial charge in [-0.1, -0.05) is 32.4 Å². The molecule has 3 atom stereocenters. The van der Waals surface area contributed by atoms with Crippen molar-refractivity contribution in [1.29, 1.82) is 5.26 Å². The number of carbonyl (C=O) groups is 1. The van der Waals surface area contributed by atoms with E-state index in [2.05, 4.69) is 25.2 Å². The van der Waals surface area contributed by atoms with Gasteiger partial charge in [0, 0.05) is 6.04 Å². The van der Waals surface area contributed by atoms with Gasteiger partial charge in [0.05, 0.1) is 5.56 Å². The van der Waals surface area contributed by atoms with Crippen molar-refractivity contribution in [2.24, 2.45) is 11.8 Å². The molecule has 1 aromatic rings.